The van der Waals surface area contributed by atoms with E-state index in [-0.39, 0.29) is 0 Å². The van der Waals surface area contributed by atoms with E-state index in [1.165, 1.54) is 6.42 Å². The van der Waals surface area contributed by atoms with Crippen LogP contribution in [0.2, 0.25) is 0 Å². The smallest absolute Gasteiger partial charge is 0.120 e. The molecule has 0 amide bonds. The molecule has 0 aliphatic rings. The van der Waals surface area contributed by atoms with Gasteiger partial charge in [-0.2, -0.15) is 0 Å². The van der Waals surface area contributed by atoms with E-state index >= 15 is 0 Å². The van der Waals surface area contributed by atoms with Crippen LogP contribution in [0.25, 0.3) is 0 Å². The fourth-order valence-electron chi connectivity index (χ4n) is 0.192. The summed E-state index contributed by atoms with van der Waals surface area (Å²) in [5.74, 6) is 1.41. The van der Waals surface area contributed by atoms with Gasteiger partial charge in [-0.25, -0.2) is 0 Å². The summed E-state index contributed by atoms with van der Waals surface area (Å²) >= 11 is 0. The fourth-order valence-corrected chi connectivity index (χ4v) is 0.192. The predicted molar refractivity (Wildman–Crippen MR) is 50.6 cm³/mol. The van der Waals surface area contributed by atoms with Gasteiger partial charge in [0.05, 0.1) is 0 Å². The summed E-state index contributed by atoms with van der Waals surface area (Å²) in [7, 11) is 0. The highest BCUT2D eigenvalue weighted by molar-refractivity contribution is 5.49. The second-order valence-corrected chi connectivity index (χ2v) is 3.60. The highest BCUT2D eigenvalue weighted by Gasteiger charge is 1.85. The van der Waals surface area contributed by atoms with Crippen molar-refractivity contribution in [1.82, 2.24) is 0 Å². The zero-order valence-corrected chi connectivity index (χ0v) is 8.55. The van der Waals surface area contributed by atoms with Crippen LogP contribution in [0, 0.1) is 11.8 Å². The normalized spacial score (nSPS) is 9.36. The molecular weight excluding hydrogens is 136 g/mol. The van der Waals surface area contributed by atoms with Crippen LogP contribution in [0.3, 0.4) is 0 Å². The van der Waals surface area contributed by atoms with Crippen molar-refractivity contribution in [3.8, 4) is 0 Å². The summed E-state index contributed by atoms with van der Waals surface area (Å²) in [6.45, 7) is 10.7. The molecule has 11 heavy (non-hydrogen) atoms. The zero-order chi connectivity index (χ0) is 9.28. The maximum Gasteiger partial charge on any atom is 0.120 e. The van der Waals surface area contributed by atoms with Crippen LogP contribution < -0.4 is 0 Å². The van der Waals surface area contributed by atoms with E-state index in [9.17, 15) is 4.79 Å². The van der Waals surface area contributed by atoms with E-state index in [0.29, 0.717) is 12.3 Å². The molecule has 0 bridgehead atoms. The molecule has 1 nitrogen and oxygen atoms in total. The van der Waals surface area contributed by atoms with Gasteiger partial charge in [0.25, 0.3) is 0 Å². The summed E-state index contributed by atoms with van der Waals surface area (Å²) < 4.78 is 0. The number of aldehydes is 1. The number of carbonyl (C=O) groups is 1. The molecule has 0 aromatic carbocycles. The van der Waals surface area contributed by atoms with Crippen LogP contribution in [-0.4, -0.2) is 6.29 Å². The van der Waals surface area contributed by atoms with Crippen LogP contribution in [-0.2, 0) is 4.79 Å². The van der Waals surface area contributed by atoms with Gasteiger partial charge in [0, 0.05) is 6.42 Å². The van der Waals surface area contributed by atoms with Crippen LogP contribution >= 0.6 is 0 Å². The third-order valence-electron chi connectivity index (χ3n) is 1.38. The molecule has 0 rings (SSSR count). The lowest BCUT2D eigenvalue weighted by molar-refractivity contribution is -0.108. The average Bonchev–Trinajstić information content (AvgIpc) is 1.89. The highest BCUT2D eigenvalue weighted by atomic mass is 16.1. The van der Waals surface area contributed by atoms with E-state index < -0.39 is 0 Å². The Morgan fingerprint density at radius 1 is 1.09 bits per heavy atom. The Kier molecular flexibility index (Phi) is 11.7. The second kappa shape index (κ2) is 9.67. The first-order valence-corrected chi connectivity index (χ1v) is 4.48. The van der Waals surface area contributed by atoms with Crippen molar-refractivity contribution in [2.45, 2.75) is 47.5 Å². The minimum absolute atomic E-state index is 0.530. The molecule has 0 radical (unpaired) electrons. The summed E-state index contributed by atoms with van der Waals surface area (Å²) in [6, 6.07) is 0. The summed E-state index contributed by atoms with van der Waals surface area (Å²) in [5.41, 5.74) is 0. The number of hydrogen-bond donors (Lipinski definition) is 0. The van der Waals surface area contributed by atoms with E-state index in [2.05, 4.69) is 20.8 Å². The molecule has 68 valence electrons. The Bertz CT molecular complexity index is 74.9. The zero-order valence-electron chi connectivity index (χ0n) is 8.55. The molecule has 0 aliphatic carbocycles. The van der Waals surface area contributed by atoms with Gasteiger partial charge in [0.2, 0.25) is 0 Å². The minimum atomic E-state index is 0.530. The largest absolute Gasteiger partial charge is 0.303 e. The third-order valence-corrected chi connectivity index (χ3v) is 1.38. The van der Waals surface area contributed by atoms with Crippen molar-refractivity contribution in [3.63, 3.8) is 0 Å². The van der Waals surface area contributed by atoms with Crippen molar-refractivity contribution < 1.29 is 4.79 Å². The van der Waals surface area contributed by atoms with Crippen molar-refractivity contribution in [3.05, 3.63) is 0 Å². The van der Waals surface area contributed by atoms with Gasteiger partial charge < -0.3 is 4.79 Å². The van der Waals surface area contributed by atoms with Gasteiger partial charge >= 0.3 is 0 Å². The van der Waals surface area contributed by atoms with E-state index in [0.717, 1.165) is 12.2 Å². The van der Waals surface area contributed by atoms with Crippen molar-refractivity contribution in [2.24, 2.45) is 11.8 Å². The molecule has 0 saturated heterocycles. The number of carbonyl (C=O) groups excluding carboxylic acids is 1. The molecule has 0 aromatic heterocycles. The molecule has 0 aromatic rings. The standard InChI is InChI=1S/C5H10O.C5H12/c1-5(2)3-4-6;1-4-5(2)3/h4-5H,3H2,1-2H3;5H,4H2,1-3H3. The molecule has 0 heterocycles. The Balaban J connectivity index is 0. The van der Waals surface area contributed by atoms with Gasteiger partial charge in [0.1, 0.15) is 6.29 Å². The molecule has 0 atom stereocenters. The van der Waals surface area contributed by atoms with Gasteiger partial charge in [-0.3, -0.25) is 0 Å². The maximum absolute atomic E-state index is 9.62. The topological polar surface area (TPSA) is 17.1 Å². The molecule has 0 unspecified atom stereocenters. The van der Waals surface area contributed by atoms with Crippen LogP contribution in [0.15, 0.2) is 0 Å². The molecule has 1 heteroatoms. The lowest BCUT2D eigenvalue weighted by atomic mass is 10.2. The van der Waals surface area contributed by atoms with E-state index in [1.54, 1.807) is 0 Å². The molecule has 0 saturated carbocycles. The summed E-state index contributed by atoms with van der Waals surface area (Å²) in [6.07, 6.45) is 2.95. The lowest BCUT2D eigenvalue weighted by Gasteiger charge is -1.90. The lowest BCUT2D eigenvalue weighted by Crippen LogP contribution is -1.84. The maximum atomic E-state index is 9.62. The summed E-state index contributed by atoms with van der Waals surface area (Å²) in [5, 5.41) is 0. The first-order valence-electron chi connectivity index (χ1n) is 4.48. The fraction of sp³-hybridized carbons (Fsp3) is 0.900. The van der Waals surface area contributed by atoms with Gasteiger partial charge in [-0.1, -0.05) is 41.0 Å². The molecule has 0 fully saturated rings. The Morgan fingerprint density at radius 2 is 1.45 bits per heavy atom. The second-order valence-electron chi connectivity index (χ2n) is 3.60. The summed E-state index contributed by atoms with van der Waals surface area (Å²) in [4.78, 5) is 9.62. The number of rotatable bonds is 3. The Labute approximate surface area is 71.2 Å². The molecule has 0 spiro atoms. The van der Waals surface area contributed by atoms with Crippen molar-refractivity contribution in [1.29, 1.82) is 0 Å². The highest BCUT2D eigenvalue weighted by Crippen LogP contribution is 1.94. The monoisotopic (exact) mass is 158 g/mol. The molecular formula is C10H22O. The first kappa shape index (κ1) is 13.3. The van der Waals surface area contributed by atoms with Crippen LogP contribution in [0.1, 0.15) is 47.5 Å². The van der Waals surface area contributed by atoms with Crippen molar-refractivity contribution >= 4 is 6.29 Å². The van der Waals surface area contributed by atoms with Crippen LogP contribution in [0.4, 0.5) is 0 Å². The van der Waals surface area contributed by atoms with E-state index in [1.807, 2.05) is 13.8 Å². The average molecular weight is 158 g/mol. The van der Waals surface area contributed by atoms with Crippen molar-refractivity contribution in [2.75, 3.05) is 0 Å². The SMILES string of the molecule is CC(C)CC=O.CCC(C)C. The van der Waals surface area contributed by atoms with Gasteiger partial charge in [-0.15, -0.1) is 0 Å². The Hall–Kier alpha value is -0.330. The van der Waals surface area contributed by atoms with E-state index in [4.69, 9.17) is 0 Å². The Morgan fingerprint density at radius 3 is 1.45 bits per heavy atom. The first-order chi connectivity index (χ1) is 5.04. The minimum Gasteiger partial charge on any atom is -0.303 e. The molecule has 0 aliphatic heterocycles. The quantitative estimate of drug-likeness (QED) is 0.576. The van der Waals surface area contributed by atoms with Gasteiger partial charge in [0.15, 0.2) is 0 Å². The number of hydrogen-bond acceptors (Lipinski definition) is 1. The molecule has 0 N–H and O–H groups in total. The van der Waals surface area contributed by atoms with Gasteiger partial charge in [-0.05, 0) is 11.8 Å². The third kappa shape index (κ3) is 26.1. The predicted octanol–water partition coefficient (Wildman–Crippen LogP) is 3.28. The van der Waals surface area contributed by atoms with Crippen LogP contribution in [0.5, 0.6) is 0 Å².